The summed E-state index contributed by atoms with van der Waals surface area (Å²) in [5, 5.41) is 12.9. The Kier molecular flexibility index (Phi) is 3.46. The average molecular weight is 220 g/mol. The number of nitrogens with zero attached hydrogens (tertiary/aromatic N) is 1. The van der Waals surface area contributed by atoms with Crippen LogP contribution in [0.5, 0.6) is 5.75 Å². The molecule has 0 spiro atoms. The van der Waals surface area contributed by atoms with Gasteiger partial charge in [0.2, 0.25) is 0 Å². The van der Waals surface area contributed by atoms with E-state index < -0.39 is 0 Å². The van der Waals surface area contributed by atoms with Crippen LogP contribution in [-0.2, 0) is 6.54 Å². The van der Waals surface area contributed by atoms with Crippen molar-refractivity contribution in [1.29, 1.82) is 0 Å². The molecule has 0 aromatic heterocycles. The van der Waals surface area contributed by atoms with E-state index in [0.29, 0.717) is 17.8 Å². The Hall–Kier alpha value is -1.06. The number of aromatic hydroxyl groups is 1. The van der Waals surface area contributed by atoms with Crippen molar-refractivity contribution in [3.63, 3.8) is 0 Å². The van der Waals surface area contributed by atoms with Crippen molar-refractivity contribution in [2.45, 2.75) is 32.5 Å². The van der Waals surface area contributed by atoms with Gasteiger partial charge in [-0.1, -0.05) is 12.1 Å². The van der Waals surface area contributed by atoms with E-state index in [2.05, 4.69) is 30.1 Å². The fraction of sp³-hybridized carbons (Fsp3) is 0.538. The highest BCUT2D eigenvalue weighted by Gasteiger charge is 2.20. The van der Waals surface area contributed by atoms with Crippen molar-refractivity contribution in [3.05, 3.63) is 29.8 Å². The van der Waals surface area contributed by atoms with E-state index in [4.69, 9.17) is 0 Å². The van der Waals surface area contributed by atoms with Gasteiger partial charge in [-0.05, 0) is 31.5 Å². The third-order valence-corrected chi connectivity index (χ3v) is 2.95. The second-order valence-corrected chi connectivity index (χ2v) is 4.83. The summed E-state index contributed by atoms with van der Waals surface area (Å²) in [6.45, 7) is 7.49. The average Bonchev–Trinajstić information content (AvgIpc) is 2.15. The van der Waals surface area contributed by atoms with Crippen LogP contribution in [0.2, 0.25) is 0 Å². The highest BCUT2D eigenvalue weighted by atomic mass is 16.3. The lowest BCUT2D eigenvalue weighted by Crippen LogP contribution is -2.53. The topological polar surface area (TPSA) is 35.5 Å². The van der Waals surface area contributed by atoms with Gasteiger partial charge in [0, 0.05) is 31.7 Å². The maximum absolute atomic E-state index is 9.42. The molecule has 1 aromatic rings. The molecule has 1 aliphatic rings. The minimum atomic E-state index is 0.355. The zero-order chi connectivity index (χ0) is 11.5. The van der Waals surface area contributed by atoms with Crippen LogP contribution in [0.4, 0.5) is 0 Å². The number of rotatable bonds is 2. The van der Waals surface area contributed by atoms with E-state index in [-0.39, 0.29) is 0 Å². The Morgan fingerprint density at radius 3 is 2.62 bits per heavy atom. The Balaban J connectivity index is 1.98. The highest BCUT2D eigenvalue weighted by Crippen LogP contribution is 2.14. The largest absolute Gasteiger partial charge is 0.508 e. The molecule has 2 unspecified atom stereocenters. The number of phenols is 1. The van der Waals surface area contributed by atoms with Crippen LogP contribution in [0.1, 0.15) is 19.4 Å². The van der Waals surface area contributed by atoms with Gasteiger partial charge < -0.3 is 10.4 Å². The summed E-state index contributed by atoms with van der Waals surface area (Å²) >= 11 is 0. The number of nitrogens with one attached hydrogen (secondary N) is 1. The third-order valence-electron chi connectivity index (χ3n) is 2.95. The molecule has 1 heterocycles. The van der Waals surface area contributed by atoms with Crippen LogP contribution in [0.25, 0.3) is 0 Å². The zero-order valence-corrected chi connectivity index (χ0v) is 9.98. The molecule has 0 aliphatic carbocycles. The predicted molar refractivity (Wildman–Crippen MR) is 65.4 cm³/mol. The second kappa shape index (κ2) is 4.85. The molecule has 1 saturated heterocycles. The number of hydrogen-bond donors (Lipinski definition) is 2. The monoisotopic (exact) mass is 220 g/mol. The molecule has 0 bridgehead atoms. The highest BCUT2D eigenvalue weighted by molar-refractivity contribution is 5.27. The van der Waals surface area contributed by atoms with Crippen LogP contribution in [0.15, 0.2) is 24.3 Å². The summed E-state index contributed by atoms with van der Waals surface area (Å²) in [5.41, 5.74) is 1.18. The molecular weight excluding hydrogens is 200 g/mol. The van der Waals surface area contributed by atoms with Gasteiger partial charge in [-0.25, -0.2) is 0 Å². The van der Waals surface area contributed by atoms with E-state index in [1.807, 2.05) is 12.1 Å². The molecule has 2 N–H and O–H groups in total. The molecule has 3 heteroatoms. The van der Waals surface area contributed by atoms with Crippen molar-refractivity contribution in [2.24, 2.45) is 0 Å². The quantitative estimate of drug-likeness (QED) is 0.794. The molecule has 1 aromatic carbocycles. The summed E-state index contributed by atoms with van der Waals surface area (Å²) in [6, 6.07) is 8.61. The lowest BCUT2D eigenvalue weighted by atomic mass is 10.1. The van der Waals surface area contributed by atoms with Crippen LogP contribution in [0.3, 0.4) is 0 Å². The normalized spacial score (nSPS) is 26.9. The van der Waals surface area contributed by atoms with Crippen molar-refractivity contribution in [3.8, 4) is 5.75 Å². The molecule has 16 heavy (non-hydrogen) atoms. The first-order valence-electron chi connectivity index (χ1n) is 5.90. The summed E-state index contributed by atoms with van der Waals surface area (Å²) in [5.74, 6) is 0.355. The lowest BCUT2D eigenvalue weighted by Gasteiger charge is -2.36. The second-order valence-electron chi connectivity index (χ2n) is 4.83. The Morgan fingerprint density at radius 1 is 1.31 bits per heavy atom. The Morgan fingerprint density at radius 2 is 2.00 bits per heavy atom. The smallest absolute Gasteiger partial charge is 0.115 e. The molecule has 0 radical (unpaired) electrons. The first-order valence-corrected chi connectivity index (χ1v) is 5.90. The van der Waals surface area contributed by atoms with Gasteiger partial charge in [0.25, 0.3) is 0 Å². The van der Waals surface area contributed by atoms with Crippen molar-refractivity contribution in [2.75, 3.05) is 13.1 Å². The summed E-state index contributed by atoms with van der Waals surface area (Å²) in [6.07, 6.45) is 0. The number of hydrogen-bond acceptors (Lipinski definition) is 3. The fourth-order valence-corrected chi connectivity index (χ4v) is 2.48. The molecule has 2 atom stereocenters. The molecule has 2 rings (SSSR count). The van der Waals surface area contributed by atoms with E-state index in [1.54, 1.807) is 6.07 Å². The van der Waals surface area contributed by atoms with Crippen LogP contribution in [-0.4, -0.2) is 35.2 Å². The Labute approximate surface area is 97.1 Å². The number of benzene rings is 1. The van der Waals surface area contributed by atoms with E-state index in [1.165, 1.54) is 5.56 Å². The van der Waals surface area contributed by atoms with Crippen LogP contribution in [0, 0.1) is 0 Å². The van der Waals surface area contributed by atoms with Gasteiger partial charge >= 0.3 is 0 Å². The van der Waals surface area contributed by atoms with Gasteiger partial charge in [-0.15, -0.1) is 0 Å². The molecule has 88 valence electrons. The summed E-state index contributed by atoms with van der Waals surface area (Å²) < 4.78 is 0. The molecule has 1 aliphatic heterocycles. The van der Waals surface area contributed by atoms with Gasteiger partial charge in [0.15, 0.2) is 0 Å². The molecule has 0 saturated carbocycles. The van der Waals surface area contributed by atoms with E-state index in [9.17, 15) is 5.11 Å². The lowest BCUT2D eigenvalue weighted by molar-refractivity contribution is 0.166. The third kappa shape index (κ3) is 2.97. The van der Waals surface area contributed by atoms with Crippen molar-refractivity contribution >= 4 is 0 Å². The number of phenolic OH excluding ortho intramolecular Hbond substituents is 1. The van der Waals surface area contributed by atoms with Gasteiger partial charge in [0.05, 0.1) is 0 Å². The minimum absolute atomic E-state index is 0.355. The van der Waals surface area contributed by atoms with E-state index >= 15 is 0 Å². The summed E-state index contributed by atoms with van der Waals surface area (Å²) in [4.78, 5) is 2.43. The number of piperazine rings is 1. The maximum Gasteiger partial charge on any atom is 0.115 e. The minimum Gasteiger partial charge on any atom is -0.508 e. The first kappa shape index (κ1) is 11.4. The Bertz CT molecular complexity index is 344. The molecule has 0 amide bonds. The van der Waals surface area contributed by atoms with Gasteiger partial charge in [-0.2, -0.15) is 0 Å². The predicted octanol–water partition coefficient (Wildman–Crippen LogP) is 1.57. The van der Waals surface area contributed by atoms with Gasteiger partial charge in [-0.3, -0.25) is 4.90 Å². The van der Waals surface area contributed by atoms with Gasteiger partial charge in [0.1, 0.15) is 5.75 Å². The van der Waals surface area contributed by atoms with Crippen molar-refractivity contribution < 1.29 is 5.11 Å². The standard InChI is InChI=1S/C13H20N2O/c1-10-7-15(8-11(2)14-10)9-12-4-3-5-13(16)6-12/h3-6,10-11,14,16H,7-9H2,1-2H3. The van der Waals surface area contributed by atoms with Crippen LogP contribution >= 0.6 is 0 Å². The summed E-state index contributed by atoms with van der Waals surface area (Å²) in [7, 11) is 0. The maximum atomic E-state index is 9.42. The van der Waals surface area contributed by atoms with E-state index in [0.717, 1.165) is 19.6 Å². The van der Waals surface area contributed by atoms with Crippen molar-refractivity contribution in [1.82, 2.24) is 10.2 Å². The molecular formula is C13H20N2O. The molecule has 3 nitrogen and oxygen atoms in total. The first-order chi connectivity index (χ1) is 7.63. The molecule has 1 fully saturated rings. The fourth-order valence-electron chi connectivity index (χ4n) is 2.48. The zero-order valence-electron chi connectivity index (χ0n) is 9.98. The van der Waals surface area contributed by atoms with Crippen LogP contribution < -0.4 is 5.32 Å². The SMILES string of the molecule is CC1CN(Cc2cccc(O)c2)CC(C)N1.